The fourth-order valence-electron chi connectivity index (χ4n) is 4.39. The molecule has 0 radical (unpaired) electrons. The van der Waals surface area contributed by atoms with Gasteiger partial charge in [0.2, 0.25) is 0 Å². The average Bonchev–Trinajstić information content (AvgIpc) is 3.49. The predicted octanol–water partition coefficient (Wildman–Crippen LogP) is 5.37. The molecule has 0 saturated heterocycles. The maximum atomic E-state index is 13.7. The summed E-state index contributed by atoms with van der Waals surface area (Å²) in [6, 6.07) is 8.88. The molecule has 1 amide bonds. The lowest BCUT2D eigenvalue weighted by Crippen LogP contribution is -2.36. The summed E-state index contributed by atoms with van der Waals surface area (Å²) < 4.78 is 42.7. The lowest BCUT2D eigenvalue weighted by Gasteiger charge is -2.20. The number of hydrogen-bond acceptors (Lipinski definition) is 6. The number of nitrogens with zero attached hydrogens (tertiary/aromatic N) is 4. The molecule has 1 aliphatic rings. The van der Waals surface area contributed by atoms with Gasteiger partial charge in [-0.1, -0.05) is 19.4 Å². The number of carbonyl (C=O) groups excluding carboxylic acids is 1. The van der Waals surface area contributed by atoms with E-state index in [1.54, 1.807) is 28.0 Å². The largest absolute Gasteiger partial charge is 0.416 e. The normalized spacial score (nSPS) is 13.6. The first-order chi connectivity index (χ1) is 18.5. The van der Waals surface area contributed by atoms with E-state index in [1.165, 1.54) is 6.07 Å². The van der Waals surface area contributed by atoms with Gasteiger partial charge in [-0.2, -0.15) is 18.3 Å². The Morgan fingerprint density at radius 1 is 1.15 bits per heavy atom. The number of rotatable bonds is 9. The van der Waals surface area contributed by atoms with Gasteiger partial charge in [-0.3, -0.25) is 14.5 Å². The van der Waals surface area contributed by atoms with Crippen molar-refractivity contribution in [1.29, 1.82) is 0 Å². The highest BCUT2D eigenvalue weighted by Crippen LogP contribution is 2.32. The van der Waals surface area contributed by atoms with Gasteiger partial charge in [-0.25, -0.2) is 0 Å². The molecule has 3 aromatic rings. The van der Waals surface area contributed by atoms with Crippen LogP contribution in [0.1, 0.15) is 58.1 Å². The summed E-state index contributed by atoms with van der Waals surface area (Å²) in [5.74, 6) is -0.608. The van der Waals surface area contributed by atoms with Crippen molar-refractivity contribution in [2.45, 2.75) is 46.3 Å². The zero-order valence-electron chi connectivity index (χ0n) is 22.8. The molecule has 2 heterocycles. The van der Waals surface area contributed by atoms with Crippen LogP contribution in [0.3, 0.4) is 0 Å². The first-order valence-corrected chi connectivity index (χ1v) is 12.8. The number of aryl methyl sites for hydroxylation is 2. The van der Waals surface area contributed by atoms with Crippen LogP contribution < -0.4 is 21.3 Å². The Morgan fingerprint density at radius 2 is 1.92 bits per heavy atom. The molecule has 0 aliphatic carbocycles. The van der Waals surface area contributed by atoms with Crippen molar-refractivity contribution in [3.8, 4) is 0 Å². The SMILES string of the molecule is CCCCN(C)Cc1cc(C(=O)Nc2ccc(C)c(N3C=C(c4cnn(C)c4C)NN3)c2)cc(C(F)(F)F)c1. The van der Waals surface area contributed by atoms with E-state index >= 15 is 0 Å². The molecular weight excluding hydrogens is 507 g/mol. The molecule has 0 fully saturated rings. The Bertz CT molecular complexity index is 1380. The molecule has 208 valence electrons. The van der Waals surface area contributed by atoms with Crippen LogP contribution in [-0.2, 0) is 19.8 Å². The molecule has 8 nitrogen and oxygen atoms in total. The monoisotopic (exact) mass is 541 g/mol. The van der Waals surface area contributed by atoms with E-state index in [1.807, 2.05) is 45.1 Å². The lowest BCUT2D eigenvalue weighted by molar-refractivity contribution is -0.137. The second kappa shape index (κ2) is 11.5. The van der Waals surface area contributed by atoms with Crippen molar-refractivity contribution >= 4 is 23.0 Å². The Kier molecular flexibility index (Phi) is 8.31. The van der Waals surface area contributed by atoms with Crippen molar-refractivity contribution < 1.29 is 18.0 Å². The lowest BCUT2D eigenvalue weighted by atomic mass is 10.0. The van der Waals surface area contributed by atoms with Crippen LogP contribution in [-0.4, -0.2) is 34.2 Å². The minimum atomic E-state index is -4.56. The number of hydrogen-bond donors (Lipinski definition) is 3. The van der Waals surface area contributed by atoms with Gasteiger partial charge < -0.3 is 15.6 Å². The minimum absolute atomic E-state index is 0.0407. The Labute approximate surface area is 226 Å². The van der Waals surface area contributed by atoms with Gasteiger partial charge >= 0.3 is 6.18 Å². The van der Waals surface area contributed by atoms with Gasteiger partial charge in [0, 0.05) is 42.3 Å². The van der Waals surface area contributed by atoms with Crippen molar-refractivity contribution in [2.24, 2.45) is 7.05 Å². The molecule has 1 aliphatic heterocycles. The van der Waals surface area contributed by atoms with E-state index in [2.05, 4.69) is 28.3 Å². The molecular formula is C28H34F3N7O. The van der Waals surface area contributed by atoms with Crippen LogP contribution >= 0.6 is 0 Å². The van der Waals surface area contributed by atoms with Crippen molar-refractivity contribution in [2.75, 3.05) is 23.9 Å². The van der Waals surface area contributed by atoms with Gasteiger partial charge in [0.1, 0.15) is 0 Å². The number of carbonyl (C=O) groups is 1. The number of nitrogens with one attached hydrogen (secondary N) is 3. The van der Waals surface area contributed by atoms with Gasteiger partial charge in [0.15, 0.2) is 0 Å². The van der Waals surface area contributed by atoms with Gasteiger partial charge in [-0.15, -0.1) is 5.53 Å². The quantitative estimate of drug-likeness (QED) is 0.338. The highest BCUT2D eigenvalue weighted by molar-refractivity contribution is 6.04. The maximum Gasteiger partial charge on any atom is 0.416 e. The summed E-state index contributed by atoms with van der Waals surface area (Å²) in [7, 11) is 3.73. The van der Waals surface area contributed by atoms with Gasteiger partial charge in [0.25, 0.3) is 5.91 Å². The number of alkyl halides is 3. The summed E-state index contributed by atoms with van der Waals surface area (Å²) in [6.07, 6.45) is 1.02. The Hall–Kier alpha value is -3.83. The fourth-order valence-corrected chi connectivity index (χ4v) is 4.39. The minimum Gasteiger partial charge on any atom is -0.322 e. The molecule has 0 saturated carbocycles. The zero-order chi connectivity index (χ0) is 28.3. The second-order valence-electron chi connectivity index (χ2n) is 9.88. The topological polar surface area (TPSA) is 77.5 Å². The molecule has 2 aromatic carbocycles. The third kappa shape index (κ3) is 6.61. The van der Waals surface area contributed by atoms with Gasteiger partial charge in [-0.05, 0) is 75.3 Å². The van der Waals surface area contributed by atoms with Crippen molar-refractivity contribution in [3.63, 3.8) is 0 Å². The molecule has 1 aromatic heterocycles. The number of aromatic nitrogens is 2. The highest BCUT2D eigenvalue weighted by Gasteiger charge is 2.32. The summed E-state index contributed by atoms with van der Waals surface area (Å²) in [6.45, 7) is 7.04. The number of amides is 1. The second-order valence-corrected chi connectivity index (χ2v) is 9.88. The van der Waals surface area contributed by atoms with E-state index in [4.69, 9.17) is 0 Å². The van der Waals surface area contributed by atoms with Crippen LogP contribution in [0.2, 0.25) is 0 Å². The average molecular weight is 542 g/mol. The molecule has 0 unspecified atom stereocenters. The highest BCUT2D eigenvalue weighted by atomic mass is 19.4. The number of halogens is 3. The van der Waals surface area contributed by atoms with Crippen LogP contribution in [0.15, 0.2) is 48.8 Å². The fraction of sp³-hybridized carbons (Fsp3) is 0.357. The molecule has 4 rings (SSSR count). The first-order valence-electron chi connectivity index (χ1n) is 12.8. The molecule has 39 heavy (non-hydrogen) atoms. The van der Waals surface area contributed by atoms with Crippen LogP contribution in [0.25, 0.3) is 5.70 Å². The standard InChI is InChI=1S/C28H34F3N7O/c1-6-7-10-36(4)16-20-11-21(13-22(12-20)28(29,30)31)27(39)33-23-9-8-18(2)26(14-23)38-17-25(34-35-38)24-15-32-37(5)19(24)3/h8-9,11-15,17,34-35H,6-7,10,16H2,1-5H3,(H,33,39). The maximum absolute atomic E-state index is 13.7. The molecule has 0 bridgehead atoms. The first kappa shape index (κ1) is 28.2. The van der Waals surface area contributed by atoms with E-state index < -0.39 is 17.6 Å². The Balaban J connectivity index is 1.56. The van der Waals surface area contributed by atoms with Crippen LogP contribution in [0.5, 0.6) is 0 Å². The van der Waals surface area contributed by atoms with E-state index in [-0.39, 0.29) is 5.56 Å². The molecule has 0 spiro atoms. The summed E-state index contributed by atoms with van der Waals surface area (Å²) in [5, 5.41) is 8.83. The smallest absolute Gasteiger partial charge is 0.322 e. The molecule has 11 heteroatoms. The van der Waals surface area contributed by atoms with E-state index in [0.29, 0.717) is 17.8 Å². The zero-order valence-corrected chi connectivity index (χ0v) is 22.8. The summed E-state index contributed by atoms with van der Waals surface area (Å²) in [5.41, 5.74) is 10.7. The van der Waals surface area contributed by atoms with E-state index in [0.717, 1.165) is 59.7 Å². The van der Waals surface area contributed by atoms with Crippen LogP contribution in [0, 0.1) is 13.8 Å². The van der Waals surface area contributed by atoms with Crippen molar-refractivity contribution in [3.05, 3.63) is 82.3 Å². The summed E-state index contributed by atoms with van der Waals surface area (Å²) >= 11 is 0. The van der Waals surface area contributed by atoms with E-state index in [9.17, 15) is 18.0 Å². The van der Waals surface area contributed by atoms with Crippen molar-refractivity contribution in [1.82, 2.24) is 25.6 Å². The summed E-state index contributed by atoms with van der Waals surface area (Å²) in [4.78, 5) is 15.1. The number of benzene rings is 2. The molecule has 0 atom stereocenters. The third-order valence-electron chi connectivity index (χ3n) is 6.75. The third-order valence-corrected chi connectivity index (χ3v) is 6.75. The predicted molar refractivity (Wildman–Crippen MR) is 146 cm³/mol. The molecule has 3 N–H and O–H groups in total. The number of hydrazine groups is 2. The van der Waals surface area contributed by atoms with Crippen LogP contribution in [0.4, 0.5) is 24.5 Å². The van der Waals surface area contributed by atoms with Gasteiger partial charge in [0.05, 0.1) is 23.1 Å². The number of unbranched alkanes of at least 4 members (excludes halogenated alkanes) is 1. The number of anilines is 2. The Morgan fingerprint density at radius 3 is 2.59 bits per heavy atom.